The van der Waals surface area contributed by atoms with Crippen molar-refractivity contribution in [3.05, 3.63) is 33.8 Å². The monoisotopic (exact) mass is 325 g/mol. The quantitative estimate of drug-likeness (QED) is 0.614. The molecular weight excluding hydrogens is 310 g/mol. The molecule has 0 bridgehead atoms. The number of carbonyl (C=O) groups is 2. The molecule has 0 fully saturated rings. The zero-order valence-electron chi connectivity index (χ0n) is 11.8. The summed E-state index contributed by atoms with van der Waals surface area (Å²) in [4.78, 5) is 24.9. The van der Waals surface area contributed by atoms with E-state index in [0.29, 0.717) is 18.7 Å². The van der Waals surface area contributed by atoms with E-state index in [0.717, 1.165) is 0 Å². The number of ketones is 2. The van der Waals surface area contributed by atoms with Crippen LogP contribution in [0.15, 0.2) is 11.3 Å². The minimum atomic E-state index is -4.37. The van der Waals surface area contributed by atoms with E-state index < -0.39 is 27.4 Å². The molecule has 1 atom stereocenters. The molecule has 8 nitrogen and oxygen atoms in total. The summed E-state index contributed by atoms with van der Waals surface area (Å²) in [5, 5.41) is 0. The summed E-state index contributed by atoms with van der Waals surface area (Å²) < 4.78 is 33.3. The van der Waals surface area contributed by atoms with E-state index in [1.54, 1.807) is 4.57 Å². The summed E-state index contributed by atoms with van der Waals surface area (Å²) in [5.41, 5.74) is 12.2. The van der Waals surface area contributed by atoms with Crippen LogP contribution in [0.1, 0.15) is 39.0 Å². The molecule has 1 aliphatic carbocycles. The van der Waals surface area contributed by atoms with Crippen LogP contribution >= 0.6 is 0 Å². The van der Waals surface area contributed by atoms with Gasteiger partial charge in [-0.05, 0) is 6.92 Å². The lowest BCUT2D eigenvalue weighted by Crippen LogP contribution is -2.29. The number of aromatic nitrogens is 1. The Bertz CT molecular complexity index is 863. The fourth-order valence-corrected chi connectivity index (χ4v) is 3.80. The molecule has 2 aliphatic rings. The maximum Gasteiger partial charge on any atom is 0.269 e. The highest BCUT2D eigenvalue weighted by Gasteiger charge is 2.40. The van der Waals surface area contributed by atoms with Crippen LogP contribution in [0.5, 0.6) is 0 Å². The van der Waals surface area contributed by atoms with Crippen molar-refractivity contribution in [2.75, 3.05) is 0 Å². The van der Waals surface area contributed by atoms with Crippen LogP contribution in [0.25, 0.3) is 0 Å². The highest BCUT2D eigenvalue weighted by Crippen LogP contribution is 2.35. The van der Waals surface area contributed by atoms with Crippen molar-refractivity contribution in [1.29, 1.82) is 0 Å². The molecule has 22 heavy (non-hydrogen) atoms. The predicted molar refractivity (Wildman–Crippen MR) is 76.9 cm³/mol. The summed E-state index contributed by atoms with van der Waals surface area (Å²) in [6, 6.07) is -0.271. The summed E-state index contributed by atoms with van der Waals surface area (Å²) >= 11 is 0. The molecule has 1 aromatic heterocycles. The summed E-state index contributed by atoms with van der Waals surface area (Å²) in [5.74, 6) is -1.74. The van der Waals surface area contributed by atoms with Crippen molar-refractivity contribution in [3.63, 3.8) is 0 Å². The third kappa shape index (κ3) is 2.01. The van der Waals surface area contributed by atoms with Gasteiger partial charge in [-0.1, -0.05) is 0 Å². The van der Waals surface area contributed by atoms with Crippen LogP contribution in [0.2, 0.25) is 0 Å². The van der Waals surface area contributed by atoms with Gasteiger partial charge in [0.15, 0.2) is 0 Å². The van der Waals surface area contributed by atoms with Gasteiger partial charge >= 0.3 is 0 Å². The second kappa shape index (κ2) is 4.51. The van der Waals surface area contributed by atoms with Gasteiger partial charge in [0.2, 0.25) is 11.6 Å². The lowest BCUT2D eigenvalue weighted by atomic mass is 9.90. The minimum absolute atomic E-state index is 0.0207. The fourth-order valence-electron chi connectivity index (χ4n) is 3.13. The molecule has 3 rings (SSSR count). The molecule has 0 saturated heterocycles. The molecule has 0 radical (unpaired) electrons. The molecule has 9 heteroatoms. The molecule has 118 valence electrons. The molecule has 0 amide bonds. The second-order valence-corrected chi connectivity index (χ2v) is 7.10. The normalized spacial score (nSPS) is 21.3. The number of fused-ring (bicyclic) bond motifs is 3. The number of hydrogen-bond donors (Lipinski definition) is 3. The maximum atomic E-state index is 12.5. The van der Waals surface area contributed by atoms with E-state index in [4.69, 9.17) is 16.0 Å². The Labute approximate surface area is 126 Å². The number of hydrogen-bond acceptors (Lipinski definition) is 6. The second-order valence-electron chi connectivity index (χ2n) is 5.65. The van der Waals surface area contributed by atoms with Crippen LogP contribution in [0.4, 0.5) is 0 Å². The van der Waals surface area contributed by atoms with Gasteiger partial charge in [-0.15, -0.1) is 0 Å². The Hall–Kier alpha value is -1.97. The van der Waals surface area contributed by atoms with E-state index in [-0.39, 0.29) is 34.1 Å². The van der Waals surface area contributed by atoms with Crippen LogP contribution in [-0.2, 0) is 28.8 Å². The standard InChI is InChI=1S/C13H15N3O5S/c1-5-10(15)13(18)9-7(4-22(19,20)21)8-2-6(14)3-16(8)11(9)12(5)17/h6H,2-4,14-15H2,1H3,(H,19,20,21)/t6-/m1/s1. The van der Waals surface area contributed by atoms with Crippen molar-refractivity contribution < 1.29 is 22.6 Å². The number of nitrogens with zero attached hydrogens (tertiary/aromatic N) is 1. The SMILES string of the molecule is CC1=C(N)C(=O)c2c(CS(=O)(=O)O)c3n(c2C1=O)C[C@H](N)C3. The molecule has 0 aromatic carbocycles. The third-order valence-electron chi connectivity index (χ3n) is 4.11. The van der Waals surface area contributed by atoms with Crippen LogP contribution in [-0.4, -0.2) is 35.1 Å². The molecule has 1 aliphatic heterocycles. The minimum Gasteiger partial charge on any atom is -0.395 e. The zero-order chi connectivity index (χ0) is 16.4. The van der Waals surface area contributed by atoms with Gasteiger partial charge in [-0.25, -0.2) is 0 Å². The predicted octanol–water partition coefficient (Wildman–Crippen LogP) is -0.629. The first-order valence-electron chi connectivity index (χ1n) is 6.62. The van der Waals surface area contributed by atoms with E-state index in [1.165, 1.54) is 6.92 Å². The Morgan fingerprint density at radius 3 is 2.55 bits per heavy atom. The molecule has 0 unspecified atom stereocenters. The van der Waals surface area contributed by atoms with Gasteiger partial charge in [0, 0.05) is 35.8 Å². The number of allylic oxidation sites excluding steroid dienone is 2. The smallest absolute Gasteiger partial charge is 0.269 e. The summed E-state index contributed by atoms with van der Waals surface area (Å²) in [6.45, 7) is 1.77. The van der Waals surface area contributed by atoms with Gasteiger partial charge in [0.05, 0.1) is 11.3 Å². The Morgan fingerprint density at radius 2 is 1.95 bits per heavy atom. The first-order valence-corrected chi connectivity index (χ1v) is 8.23. The first kappa shape index (κ1) is 14.9. The van der Waals surface area contributed by atoms with Gasteiger partial charge < -0.3 is 16.0 Å². The van der Waals surface area contributed by atoms with Gasteiger partial charge in [-0.3, -0.25) is 14.1 Å². The number of Topliss-reactive ketones (excluding diaryl/α,β-unsaturated/α-hetero) is 2. The first-order chi connectivity index (χ1) is 10.1. The highest BCUT2D eigenvalue weighted by molar-refractivity contribution is 7.85. The van der Waals surface area contributed by atoms with E-state index in [2.05, 4.69) is 0 Å². The molecule has 1 aromatic rings. The van der Waals surface area contributed by atoms with Crippen LogP contribution in [0.3, 0.4) is 0 Å². The summed E-state index contributed by atoms with van der Waals surface area (Å²) in [7, 11) is -4.37. The third-order valence-corrected chi connectivity index (χ3v) is 4.77. The van der Waals surface area contributed by atoms with Crippen LogP contribution in [0, 0.1) is 0 Å². The summed E-state index contributed by atoms with van der Waals surface area (Å²) in [6.07, 6.45) is 0.331. The maximum absolute atomic E-state index is 12.5. The van der Waals surface area contributed by atoms with Gasteiger partial charge in [0.25, 0.3) is 10.1 Å². The van der Waals surface area contributed by atoms with Gasteiger partial charge in [-0.2, -0.15) is 8.42 Å². The van der Waals surface area contributed by atoms with Crippen molar-refractivity contribution in [1.82, 2.24) is 4.57 Å². The largest absolute Gasteiger partial charge is 0.395 e. The average Bonchev–Trinajstić information content (AvgIpc) is 2.89. The fraction of sp³-hybridized carbons (Fsp3) is 0.385. The van der Waals surface area contributed by atoms with Crippen LogP contribution < -0.4 is 11.5 Å². The van der Waals surface area contributed by atoms with Crippen molar-refractivity contribution in [3.8, 4) is 0 Å². The Morgan fingerprint density at radius 1 is 1.32 bits per heavy atom. The van der Waals surface area contributed by atoms with Gasteiger partial charge in [0.1, 0.15) is 11.4 Å². The number of carbonyl (C=O) groups excluding carboxylic acids is 2. The lowest BCUT2D eigenvalue weighted by Gasteiger charge is -2.16. The highest BCUT2D eigenvalue weighted by atomic mass is 32.2. The van der Waals surface area contributed by atoms with Crippen molar-refractivity contribution >= 4 is 21.7 Å². The molecule has 0 saturated carbocycles. The molecule has 0 spiro atoms. The lowest BCUT2D eigenvalue weighted by molar-refractivity contribution is 0.0967. The van der Waals surface area contributed by atoms with E-state index in [9.17, 15) is 18.0 Å². The van der Waals surface area contributed by atoms with E-state index >= 15 is 0 Å². The van der Waals surface area contributed by atoms with E-state index in [1.807, 2.05) is 0 Å². The zero-order valence-corrected chi connectivity index (χ0v) is 12.6. The average molecular weight is 325 g/mol. The molecular formula is C13H15N3O5S. The Kier molecular flexibility index (Phi) is 3.06. The number of rotatable bonds is 2. The molecule has 2 heterocycles. The Balaban J connectivity index is 2.32. The topological polar surface area (TPSA) is 145 Å². The number of nitrogens with two attached hydrogens (primary N) is 2. The van der Waals surface area contributed by atoms with Crippen molar-refractivity contribution in [2.24, 2.45) is 11.5 Å². The molecule has 5 N–H and O–H groups in total. The van der Waals surface area contributed by atoms with Crippen molar-refractivity contribution in [2.45, 2.75) is 31.7 Å².